The number of nitrogens with one attached hydrogen (secondary N) is 1. The van der Waals surface area contributed by atoms with Crippen molar-refractivity contribution in [3.8, 4) is 6.07 Å². The number of amides is 2. The summed E-state index contributed by atoms with van der Waals surface area (Å²) in [5, 5.41) is 12.0. The Morgan fingerprint density at radius 1 is 1.18 bits per heavy atom. The molecule has 208 valence electrons. The van der Waals surface area contributed by atoms with Crippen molar-refractivity contribution in [3.05, 3.63) is 30.3 Å². The lowest BCUT2D eigenvalue weighted by Gasteiger charge is -2.48. The number of nitrogens with two attached hydrogens (primary N) is 1. The quantitative estimate of drug-likeness (QED) is 0.398. The summed E-state index contributed by atoms with van der Waals surface area (Å²) in [5.41, 5.74) is 5.09. The van der Waals surface area contributed by atoms with Gasteiger partial charge in [0.2, 0.25) is 17.7 Å². The predicted octanol–water partition coefficient (Wildman–Crippen LogP) is 3.61. The molecule has 1 unspecified atom stereocenters. The van der Waals surface area contributed by atoms with Gasteiger partial charge in [-0.2, -0.15) is 5.26 Å². The lowest BCUT2D eigenvalue weighted by molar-refractivity contribution is -0.139. The van der Waals surface area contributed by atoms with E-state index in [0.29, 0.717) is 45.2 Å². The third kappa shape index (κ3) is 6.68. The van der Waals surface area contributed by atoms with Gasteiger partial charge in [0.15, 0.2) is 5.78 Å². The number of anilines is 1. The first-order valence-electron chi connectivity index (χ1n) is 13.3. The van der Waals surface area contributed by atoms with Crippen LogP contribution in [-0.4, -0.2) is 59.3 Å². The maximum atomic E-state index is 14.1. The molecule has 0 radical (unpaired) electrons. The van der Waals surface area contributed by atoms with Gasteiger partial charge in [0.25, 0.3) is 0 Å². The van der Waals surface area contributed by atoms with E-state index in [1.807, 2.05) is 35.2 Å². The molecule has 3 rings (SSSR count). The van der Waals surface area contributed by atoms with Crippen LogP contribution in [0.3, 0.4) is 0 Å². The Morgan fingerprint density at radius 2 is 1.79 bits per heavy atom. The Morgan fingerprint density at radius 3 is 2.24 bits per heavy atom. The van der Waals surface area contributed by atoms with Gasteiger partial charge < -0.3 is 20.9 Å². The van der Waals surface area contributed by atoms with E-state index in [-0.39, 0.29) is 24.8 Å². The maximum absolute atomic E-state index is 14.1. The number of carbonyl (C=O) groups excluding carboxylic acids is 3. The zero-order chi connectivity index (χ0) is 28.1. The highest BCUT2D eigenvalue weighted by Gasteiger charge is 2.48. The Kier molecular flexibility index (Phi) is 9.13. The number of alkyl halides is 2. The summed E-state index contributed by atoms with van der Waals surface area (Å²) in [6.07, 6.45) is 1.37. The number of para-hydroxylation sites is 1. The fourth-order valence-corrected chi connectivity index (χ4v) is 5.58. The average molecular weight is 532 g/mol. The molecular weight excluding hydrogens is 492 g/mol. The molecular formula is C28H39F2N5O3. The van der Waals surface area contributed by atoms with Crippen LogP contribution >= 0.6 is 0 Å². The van der Waals surface area contributed by atoms with Gasteiger partial charge in [-0.25, -0.2) is 8.78 Å². The number of piperidine rings is 1. The zero-order valence-corrected chi connectivity index (χ0v) is 22.5. The highest BCUT2D eigenvalue weighted by Crippen LogP contribution is 2.38. The van der Waals surface area contributed by atoms with Gasteiger partial charge >= 0.3 is 0 Å². The van der Waals surface area contributed by atoms with Crippen LogP contribution in [-0.2, 0) is 14.4 Å². The summed E-state index contributed by atoms with van der Waals surface area (Å²) in [4.78, 5) is 42.8. The number of carbonyl (C=O) groups is 3. The smallest absolute Gasteiger partial charge is 0.246 e. The van der Waals surface area contributed by atoms with Gasteiger partial charge in [-0.3, -0.25) is 14.4 Å². The Bertz CT molecular complexity index is 1040. The van der Waals surface area contributed by atoms with Gasteiger partial charge in [-0.05, 0) is 57.6 Å². The zero-order valence-electron chi connectivity index (χ0n) is 22.5. The number of Topliss-reactive ketones (excluding diaryl/α,β-unsaturated/α-hetero) is 1. The number of nitrogens with zero attached hydrogens (tertiary/aromatic N) is 3. The van der Waals surface area contributed by atoms with E-state index in [1.165, 1.54) is 6.92 Å². The van der Waals surface area contributed by atoms with Gasteiger partial charge in [0.05, 0.1) is 12.7 Å². The van der Waals surface area contributed by atoms with Crippen LogP contribution in [0.5, 0.6) is 0 Å². The molecule has 2 aliphatic rings. The second kappa shape index (κ2) is 11.8. The van der Waals surface area contributed by atoms with Crippen molar-refractivity contribution in [2.75, 3.05) is 24.7 Å². The van der Waals surface area contributed by atoms with Crippen LogP contribution < -0.4 is 16.0 Å². The van der Waals surface area contributed by atoms with Crippen molar-refractivity contribution in [2.45, 2.75) is 82.7 Å². The van der Waals surface area contributed by atoms with Crippen molar-refractivity contribution in [1.29, 1.82) is 5.26 Å². The van der Waals surface area contributed by atoms with Crippen LogP contribution in [0.15, 0.2) is 30.3 Å². The number of rotatable bonds is 12. The van der Waals surface area contributed by atoms with Crippen molar-refractivity contribution < 1.29 is 23.2 Å². The molecule has 0 spiro atoms. The molecule has 1 aliphatic heterocycles. The molecule has 2 atom stereocenters. The molecule has 1 heterocycles. The average Bonchev–Trinajstić information content (AvgIpc) is 3.66. The van der Waals surface area contributed by atoms with E-state index in [4.69, 9.17) is 5.73 Å². The van der Waals surface area contributed by atoms with Crippen LogP contribution in [0.4, 0.5) is 14.5 Å². The second-order valence-corrected chi connectivity index (χ2v) is 10.9. The molecule has 2 amide bonds. The van der Waals surface area contributed by atoms with Crippen LogP contribution in [0.2, 0.25) is 0 Å². The molecule has 2 fully saturated rings. The van der Waals surface area contributed by atoms with E-state index >= 15 is 0 Å². The van der Waals surface area contributed by atoms with Gasteiger partial charge in [-0.1, -0.05) is 31.5 Å². The lowest BCUT2D eigenvalue weighted by atomic mass is 9.80. The minimum Gasteiger partial charge on any atom is -0.346 e. The Balaban J connectivity index is 1.72. The SMILES string of the molecule is CCC(CC(=O)N1CCC(C(C)=O)(N(CN)c2ccccc2)CC1)[C@@H](CC(C)(F)F)C(=O)NC1(C#N)CC1. The monoisotopic (exact) mass is 531 g/mol. The second-order valence-electron chi connectivity index (χ2n) is 10.9. The van der Waals surface area contributed by atoms with Gasteiger partial charge in [-0.15, -0.1) is 0 Å². The molecule has 10 heteroatoms. The molecule has 1 aliphatic carbocycles. The van der Waals surface area contributed by atoms with Crippen LogP contribution in [0.1, 0.15) is 65.7 Å². The molecule has 3 N–H and O–H groups in total. The van der Waals surface area contributed by atoms with E-state index in [9.17, 15) is 28.4 Å². The lowest BCUT2D eigenvalue weighted by Crippen LogP contribution is -2.62. The number of likely N-dealkylation sites (tertiary alicyclic amines) is 1. The Labute approximate surface area is 223 Å². The fraction of sp³-hybridized carbons (Fsp3) is 0.643. The third-order valence-corrected chi connectivity index (χ3v) is 8.14. The normalized spacial score (nSPS) is 19.6. The summed E-state index contributed by atoms with van der Waals surface area (Å²) < 4.78 is 28.1. The number of hydrogen-bond donors (Lipinski definition) is 2. The third-order valence-electron chi connectivity index (χ3n) is 8.14. The summed E-state index contributed by atoms with van der Waals surface area (Å²) in [5.74, 6) is -5.66. The molecule has 8 nitrogen and oxygen atoms in total. The van der Waals surface area contributed by atoms with Gasteiger partial charge in [0.1, 0.15) is 11.1 Å². The maximum Gasteiger partial charge on any atom is 0.246 e. The molecule has 38 heavy (non-hydrogen) atoms. The molecule has 1 saturated heterocycles. The topological polar surface area (TPSA) is 120 Å². The number of halogens is 2. The first-order valence-corrected chi connectivity index (χ1v) is 13.3. The number of nitriles is 1. The van der Waals surface area contributed by atoms with Gasteiger partial charge in [0, 0.05) is 37.5 Å². The summed E-state index contributed by atoms with van der Waals surface area (Å²) >= 11 is 0. The van der Waals surface area contributed by atoms with Crippen molar-refractivity contribution in [1.82, 2.24) is 10.2 Å². The summed E-state index contributed by atoms with van der Waals surface area (Å²) in [7, 11) is 0. The van der Waals surface area contributed by atoms with Crippen molar-refractivity contribution >= 4 is 23.3 Å². The standard InChI is InChI=1S/C28H39F2N5O3/c1-4-21(23(17-26(3,29)30)25(38)33-27(18-31)10-11-27)16-24(37)34-14-12-28(13-15-34,20(2)36)35(19-32)22-8-6-5-7-9-22/h5-9,21,23H,4,10-17,19,32H2,1-3H3,(H,33,38)/t21?,23-/m1/s1. The minimum atomic E-state index is -3.10. The van der Waals surface area contributed by atoms with Crippen LogP contribution in [0, 0.1) is 23.2 Å². The molecule has 0 bridgehead atoms. The molecule has 1 saturated carbocycles. The number of benzene rings is 1. The van der Waals surface area contributed by atoms with E-state index in [2.05, 4.69) is 11.4 Å². The molecule has 1 aromatic rings. The largest absolute Gasteiger partial charge is 0.346 e. The Hall–Kier alpha value is -3.06. The first kappa shape index (κ1) is 29.5. The van der Waals surface area contributed by atoms with Crippen molar-refractivity contribution in [2.24, 2.45) is 17.6 Å². The number of hydrogen-bond acceptors (Lipinski definition) is 6. The summed E-state index contributed by atoms with van der Waals surface area (Å²) in [6, 6.07) is 11.5. The van der Waals surface area contributed by atoms with E-state index < -0.39 is 41.2 Å². The molecule has 0 aromatic heterocycles. The van der Waals surface area contributed by atoms with Crippen LogP contribution in [0.25, 0.3) is 0 Å². The predicted molar refractivity (Wildman–Crippen MR) is 140 cm³/mol. The van der Waals surface area contributed by atoms with E-state index in [0.717, 1.165) is 12.6 Å². The van der Waals surface area contributed by atoms with E-state index in [1.54, 1.807) is 11.8 Å². The fourth-order valence-electron chi connectivity index (χ4n) is 5.58. The highest BCUT2D eigenvalue weighted by molar-refractivity contribution is 5.90. The van der Waals surface area contributed by atoms with Crippen molar-refractivity contribution in [3.63, 3.8) is 0 Å². The first-order chi connectivity index (χ1) is 17.9. The highest BCUT2D eigenvalue weighted by atomic mass is 19.3. The summed E-state index contributed by atoms with van der Waals surface area (Å²) in [6.45, 7) is 4.85. The number of ketones is 1. The molecule has 1 aromatic carbocycles. The minimum absolute atomic E-state index is 0.0289.